The second kappa shape index (κ2) is 11.8. The molecule has 6 nitrogen and oxygen atoms in total. The van der Waals surface area contributed by atoms with Gasteiger partial charge in [0.05, 0.1) is 11.9 Å². The molecule has 0 aliphatic rings. The lowest BCUT2D eigenvalue weighted by Gasteiger charge is -2.05. The van der Waals surface area contributed by atoms with E-state index in [1.54, 1.807) is 18.3 Å². The maximum Gasteiger partial charge on any atom is 0.271 e. The molecule has 0 bridgehead atoms. The van der Waals surface area contributed by atoms with E-state index in [0.717, 1.165) is 44.1 Å². The van der Waals surface area contributed by atoms with Gasteiger partial charge in [0.25, 0.3) is 5.91 Å². The van der Waals surface area contributed by atoms with Crippen LogP contribution in [0.5, 0.6) is 0 Å². The number of hydrogen-bond donors (Lipinski definition) is 2. The Morgan fingerprint density at radius 3 is 2.51 bits per heavy atom. The molecule has 0 spiro atoms. The number of nitrogens with one attached hydrogen (secondary N) is 2. The lowest BCUT2D eigenvalue weighted by atomic mass is 10.1. The fourth-order valence-electron chi connectivity index (χ4n) is 4.54. The molecular formula is C33H26ClN5OS. The number of aromatic nitrogens is 2. The lowest BCUT2D eigenvalue weighted by Crippen LogP contribution is -2.17. The molecule has 0 fully saturated rings. The second-order valence-corrected chi connectivity index (χ2v) is 11.0. The Bertz CT molecular complexity index is 1840. The summed E-state index contributed by atoms with van der Waals surface area (Å²) in [7, 11) is 0. The number of hydrogen-bond acceptors (Lipinski definition) is 5. The van der Waals surface area contributed by atoms with E-state index in [1.807, 2.05) is 72.2 Å². The standard InChI is InChI=1S/C33H26ClN5OS/c1-22-6-16-28(17-7-22)36-33-37-30(21-41-33)24-10-12-25(13-11-24)32(40)38-35-18-26-20-39(31-5-3-2-4-29(26)31)19-23-8-14-27(34)15-9-23/h2-18,20-21H,19H2,1H3,(H,36,37)(H,38,40)/b35-18-. The number of benzene rings is 4. The summed E-state index contributed by atoms with van der Waals surface area (Å²) in [4.78, 5) is 17.5. The van der Waals surface area contributed by atoms with Crippen molar-refractivity contribution in [3.05, 3.63) is 136 Å². The minimum absolute atomic E-state index is 0.280. The highest BCUT2D eigenvalue weighted by atomic mass is 35.5. The molecule has 6 rings (SSSR count). The van der Waals surface area contributed by atoms with E-state index in [4.69, 9.17) is 11.6 Å². The van der Waals surface area contributed by atoms with E-state index in [9.17, 15) is 4.79 Å². The monoisotopic (exact) mass is 575 g/mol. The molecule has 1 amide bonds. The zero-order valence-corrected chi connectivity index (χ0v) is 23.8. The fourth-order valence-corrected chi connectivity index (χ4v) is 5.40. The molecule has 0 unspecified atom stereocenters. The van der Waals surface area contributed by atoms with Crippen molar-refractivity contribution < 1.29 is 4.79 Å². The van der Waals surface area contributed by atoms with Crippen molar-refractivity contribution in [2.45, 2.75) is 13.5 Å². The maximum absolute atomic E-state index is 12.8. The predicted octanol–water partition coefficient (Wildman–Crippen LogP) is 8.28. The molecule has 6 aromatic rings. The van der Waals surface area contributed by atoms with Gasteiger partial charge in [-0.25, -0.2) is 10.4 Å². The Hall–Kier alpha value is -4.72. The number of carbonyl (C=O) groups excluding carboxylic acids is 1. The van der Waals surface area contributed by atoms with Gasteiger partial charge in [-0.1, -0.05) is 71.8 Å². The van der Waals surface area contributed by atoms with Gasteiger partial charge in [0.2, 0.25) is 0 Å². The SMILES string of the molecule is Cc1ccc(Nc2nc(-c3ccc(C(=O)N/N=C\c4cn(Cc5ccc(Cl)cc5)c5ccccc45)cc3)cs2)cc1. The number of carbonyl (C=O) groups is 1. The Morgan fingerprint density at radius 2 is 1.73 bits per heavy atom. The second-order valence-electron chi connectivity index (χ2n) is 9.66. The van der Waals surface area contributed by atoms with Gasteiger partial charge in [-0.3, -0.25) is 4.79 Å². The van der Waals surface area contributed by atoms with Gasteiger partial charge in [-0.15, -0.1) is 11.3 Å². The van der Waals surface area contributed by atoms with Crippen molar-refractivity contribution in [3.8, 4) is 11.3 Å². The average molecular weight is 576 g/mol. The zero-order valence-electron chi connectivity index (χ0n) is 22.2. The minimum atomic E-state index is -0.280. The fraction of sp³-hybridized carbons (Fsp3) is 0.0606. The van der Waals surface area contributed by atoms with Crippen LogP contribution in [0.3, 0.4) is 0 Å². The molecule has 2 heterocycles. The summed E-state index contributed by atoms with van der Waals surface area (Å²) in [5.41, 5.74) is 10.3. The third-order valence-corrected chi connectivity index (χ3v) is 7.71. The molecule has 0 saturated carbocycles. The number of para-hydroxylation sites is 1. The normalized spacial score (nSPS) is 11.3. The van der Waals surface area contributed by atoms with Gasteiger partial charge >= 0.3 is 0 Å². The highest BCUT2D eigenvalue weighted by Crippen LogP contribution is 2.28. The summed E-state index contributed by atoms with van der Waals surface area (Å²) in [6.07, 6.45) is 3.73. The van der Waals surface area contributed by atoms with Crippen LogP contribution in [0.2, 0.25) is 5.02 Å². The number of rotatable bonds is 8. The Kier molecular flexibility index (Phi) is 7.63. The van der Waals surface area contributed by atoms with Crippen LogP contribution in [-0.2, 0) is 6.54 Å². The minimum Gasteiger partial charge on any atom is -0.342 e. The first-order chi connectivity index (χ1) is 20.0. The zero-order chi connectivity index (χ0) is 28.2. The van der Waals surface area contributed by atoms with E-state index in [-0.39, 0.29) is 5.91 Å². The first-order valence-corrected chi connectivity index (χ1v) is 14.3. The number of halogens is 1. The smallest absolute Gasteiger partial charge is 0.271 e. The van der Waals surface area contributed by atoms with Gasteiger partial charge in [0.15, 0.2) is 5.13 Å². The van der Waals surface area contributed by atoms with Gasteiger partial charge in [-0.2, -0.15) is 5.10 Å². The van der Waals surface area contributed by atoms with Gasteiger partial charge < -0.3 is 9.88 Å². The molecule has 0 aliphatic heterocycles. The highest BCUT2D eigenvalue weighted by Gasteiger charge is 2.10. The van der Waals surface area contributed by atoms with Crippen LogP contribution < -0.4 is 10.7 Å². The molecule has 0 atom stereocenters. The number of fused-ring (bicyclic) bond motifs is 1. The summed E-state index contributed by atoms with van der Waals surface area (Å²) >= 11 is 7.58. The number of hydrazone groups is 1. The van der Waals surface area contributed by atoms with Gasteiger partial charge in [0.1, 0.15) is 0 Å². The Morgan fingerprint density at radius 1 is 0.976 bits per heavy atom. The quantitative estimate of drug-likeness (QED) is 0.142. The summed E-state index contributed by atoms with van der Waals surface area (Å²) in [5, 5.41) is 12.2. The molecule has 0 aliphatic carbocycles. The number of amides is 1. The van der Waals surface area contributed by atoms with Crippen LogP contribution in [0.15, 0.2) is 114 Å². The largest absolute Gasteiger partial charge is 0.342 e. The van der Waals surface area contributed by atoms with E-state index >= 15 is 0 Å². The summed E-state index contributed by atoms with van der Waals surface area (Å²) in [6.45, 7) is 2.76. The van der Waals surface area contributed by atoms with Crippen LogP contribution >= 0.6 is 22.9 Å². The van der Waals surface area contributed by atoms with E-state index < -0.39 is 0 Å². The van der Waals surface area contributed by atoms with Crippen molar-refractivity contribution in [2.24, 2.45) is 5.10 Å². The third kappa shape index (κ3) is 6.22. The molecule has 2 aromatic heterocycles. The molecule has 0 saturated heterocycles. The van der Waals surface area contributed by atoms with E-state index in [1.165, 1.54) is 16.9 Å². The first kappa shape index (κ1) is 26.5. The van der Waals surface area contributed by atoms with Crippen molar-refractivity contribution in [2.75, 3.05) is 5.32 Å². The van der Waals surface area contributed by atoms with Crippen LogP contribution in [0, 0.1) is 6.92 Å². The number of anilines is 2. The van der Waals surface area contributed by atoms with Gasteiger partial charge in [-0.05, 0) is 55.0 Å². The Balaban J connectivity index is 1.11. The van der Waals surface area contributed by atoms with Crippen LogP contribution in [0.25, 0.3) is 22.2 Å². The predicted molar refractivity (Wildman–Crippen MR) is 170 cm³/mol. The summed E-state index contributed by atoms with van der Waals surface area (Å²) in [6, 6.07) is 31.5. The lowest BCUT2D eigenvalue weighted by molar-refractivity contribution is 0.0955. The Labute approximate surface area is 247 Å². The molecular weight excluding hydrogens is 550 g/mol. The van der Waals surface area contributed by atoms with Gasteiger partial charge in [0, 0.05) is 56.4 Å². The van der Waals surface area contributed by atoms with Crippen LogP contribution in [0.1, 0.15) is 27.0 Å². The van der Waals surface area contributed by atoms with E-state index in [0.29, 0.717) is 17.1 Å². The van der Waals surface area contributed by atoms with Crippen molar-refractivity contribution in [1.82, 2.24) is 15.0 Å². The molecule has 41 heavy (non-hydrogen) atoms. The summed E-state index contributed by atoms with van der Waals surface area (Å²) < 4.78 is 2.17. The van der Waals surface area contributed by atoms with Crippen LogP contribution in [0.4, 0.5) is 10.8 Å². The topological polar surface area (TPSA) is 71.3 Å². The van der Waals surface area contributed by atoms with E-state index in [2.05, 4.69) is 56.6 Å². The van der Waals surface area contributed by atoms with Crippen molar-refractivity contribution in [3.63, 3.8) is 0 Å². The third-order valence-electron chi connectivity index (χ3n) is 6.71. The van der Waals surface area contributed by atoms with Crippen molar-refractivity contribution >= 4 is 56.8 Å². The molecule has 4 aromatic carbocycles. The highest BCUT2D eigenvalue weighted by molar-refractivity contribution is 7.14. The van der Waals surface area contributed by atoms with Crippen molar-refractivity contribution in [1.29, 1.82) is 0 Å². The number of thiazole rings is 1. The number of nitrogens with zero attached hydrogens (tertiary/aromatic N) is 3. The van der Waals surface area contributed by atoms with Crippen LogP contribution in [-0.4, -0.2) is 21.7 Å². The molecule has 2 N–H and O–H groups in total. The summed E-state index contributed by atoms with van der Waals surface area (Å²) in [5.74, 6) is -0.280. The first-order valence-electron chi connectivity index (χ1n) is 13.1. The number of aryl methyl sites for hydroxylation is 1. The molecule has 8 heteroatoms. The molecule has 0 radical (unpaired) electrons. The average Bonchev–Trinajstić information content (AvgIpc) is 3.60. The molecule has 202 valence electrons. The maximum atomic E-state index is 12.8.